The molecule has 0 unspecified atom stereocenters. The van der Waals surface area contributed by atoms with Crippen molar-refractivity contribution in [3.63, 3.8) is 0 Å². The van der Waals surface area contributed by atoms with E-state index < -0.39 is 22.1 Å². The predicted molar refractivity (Wildman–Crippen MR) is 120 cm³/mol. The summed E-state index contributed by atoms with van der Waals surface area (Å²) in [7, 11) is -3.63. The highest BCUT2D eigenvalue weighted by Crippen LogP contribution is 2.60. The van der Waals surface area contributed by atoms with Crippen LogP contribution < -0.4 is 0 Å². The maximum Gasteiger partial charge on any atom is 0.339 e. The number of rotatable bonds is 6. The third-order valence-electron chi connectivity index (χ3n) is 8.35. The first-order valence-corrected chi connectivity index (χ1v) is 13.5. The molecule has 0 spiro atoms. The molecule has 32 heavy (non-hydrogen) atoms. The lowest BCUT2D eigenvalue weighted by Gasteiger charge is -2.56. The highest BCUT2D eigenvalue weighted by Gasteiger charge is 2.55. The normalized spacial score (nSPS) is 32.8. The Morgan fingerprint density at radius 3 is 2.16 bits per heavy atom. The highest BCUT2D eigenvalue weighted by atomic mass is 32.2. The molecule has 1 atom stereocenters. The minimum atomic E-state index is -3.63. The molecule has 0 radical (unpaired) electrons. The summed E-state index contributed by atoms with van der Waals surface area (Å²) >= 11 is 0. The lowest BCUT2D eigenvalue weighted by Crippen LogP contribution is -2.52. The van der Waals surface area contributed by atoms with E-state index >= 15 is 0 Å². The van der Waals surface area contributed by atoms with E-state index in [1.54, 1.807) is 26.0 Å². The molecule has 0 aromatic heterocycles. The molecule has 1 heterocycles. The quantitative estimate of drug-likeness (QED) is 0.598. The zero-order valence-electron chi connectivity index (χ0n) is 19.0. The van der Waals surface area contributed by atoms with Gasteiger partial charge in [0.1, 0.15) is 0 Å². The fourth-order valence-corrected chi connectivity index (χ4v) is 8.72. The molecular weight excluding hydrogens is 426 g/mol. The van der Waals surface area contributed by atoms with Crippen molar-refractivity contribution in [2.75, 3.05) is 13.1 Å². The Morgan fingerprint density at radius 1 is 1.03 bits per heavy atom. The van der Waals surface area contributed by atoms with Gasteiger partial charge in [-0.1, -0.05) is 6.07 Å². The Morgan fingerprint density at radius 2 is 1.59 bits per heavy atom. The number of benzene rings is 1. The van der Waals surface area contributed by atoms with Crippen LogP contribution in [0.1, 0.15) is 74.2 Å². The van der Waals surface area contributed by atoms with Crippen molar-refractivity contribution in [1.82, 2.24) is 4.31 Å². The molecule has 0 N–H and O–H groups in total. The first-order chi connectivity index (χ1) is 15.2. The number of sulfonamides is 1. The first kappa shape index (κ1) is 22.1. The lowest BCUT2D eigenvalue weighted by atomic mass is 9.48. The number of ether oxygens (including phenoxy) is 1. The van der Waals surface area contributed by atoms with Crippen LogP contribution in [0.3, 0.4) is 0 Å². The van der Waals surface area contributed by atoms with E-state index in [-0.39, 0.29) is 21.7 Å². The largest absolute Gasteiger partial charge is 0.451 e. The molecule has 6 rings (SSSR count). The van der Waals surface area contributed by atoms with E-state index in [2.05, 4.69) is 0 Å². The summed E-state index contributed by atoms with van der Waals surface area (Å²) in [5, 5.41) is 0. The molecule has 1 aromatic carbocycles. The van der Waals surface area contributed by atoms with Gasteiger partial charge >= 0.3 is 5.97 Å². The van der Waals surface area contributed by atoms with Crippen LogP contribution in [0, 0.1) is 30.1 Å². The van der Waals surface area contributed by atoms with E-state index in [9.17, 15) is 18.0 Å². The van der Waals surface area contributed by atoms with Gasteiger partial charge in [-0.2, -0.15) is 4.31 Å². The van der Waals surface area contributed by atoms with Crippen LogP contribution in [0.5, 0.6) is 0 Å². The fraction of sp³-hybridized carbons (Fsp3) is 0.680. The third-order valence-corrected chi connectivity index (χ3v) is 10.2. The topological polar surface area (TPSA) is 80.8 Å². The lowest BCUT2D eigenvalue weighted by molar-refractivity contribution is -0.152. The van der Waals surface area contributed by atoms with Crippen LogP contribution in [0.25, 0.3) is 0 Å². The standard InChI is InChI=1S/C25H33NO5S/c1-16-5-6-21(32(29,30)26-7-3-4-8-26)12-22(16)24(28)31-17(2)23(27)25-13-18-9-19(14-25)11-20(10-18)15-25/h5-6,12,17-20H,3-4,7-11,13-15H2,1-2H3/t17-,18?,19?,20?,25?/m1/s1. The van der Waals surface area contributed by atoms with Gasteiger partial charge in [0.2, 0.25) is 10.0 Å². The van der Waals surface area contributed by atoms with E-state index in [1.165, 1.54) is 29.6 Å². The number of carbonyl (C=O) groups is 2. The zero-order chi connectivity index (χ0) is 22.7. The monoisotopic (exact) mass is 459 g/mol. The van der Waals surface area contributed by atoms with Crippen LogP contribution >= 0.6 is 0 Å². The second-order valence-electron chi connectivity index (χ2n) is 10.7. The summed E-state index contributed by atoms with van der Waals surface area (Å²) in [5.74, 6) is 1.36. The summed E-state index contributed by atoms with van der Waals surface area (Å²) in [4.78, 5) is 26.6. The van der Waals surface area contributed by atoms with Crippen LogP contribution in [0.4, 0.5) is 0 Å². The molecule has 1 saturated heterocycles. The number of Topliss-reactive ketones (excluding diaryl/α,β-unsaturated/α-hetero) is 1. The van der Waals surface area contributed by atoms with E-state index in [4.69, 9.17) is 4.74 Å². The molecular formula is C25H33NO5S. The summed E-state index contributed by atoms with van der Waals surface area (Å²) in [6, 6.07) is 4.60. The van der Waals surface area contributed by atoms with Crippen molar-refractivity contribution in [3.05, 3.63) is 29.3 Å². The molecule has 4 aliphatic carbocycles. The van der Waals surface area contributed by atoms with Gasteiger partial charge in [-0.05, 0) is 101 Å². The van der Waals surface area contributed by atoms with Crippen molar-refractivity contribution in [2.24, 2.45) is 23.2 Å². The van der Waals surface area contributed by atoms with Gasteiger partial charge in [0.05, 0.1) is 10.5 Å². The highest BCUT2D eigenvalue weighted by molar-refractivity contribution is 7.89. The van der Waals surface area contributed by atoms with Crippen molar-refractivity contribution in [3.8, 4) is 0 Å². The van der Waals surface area contributed by atoms with Gasteiger partial charge < -0.3 is 4.74 Å². The molecule has 1 aromatic rings. The summed E-state index contributed by atoms with van der Waals surface area (Å²) in [6.07, 6.45) is 7.42. The van der Waals surface area contributed by atoms with Crippen LogP contribution in [-0.4, -0.2) is 43.7 Å². The van der Waals surface area contributed by atoms with Crippen LogP contribution in [0.2, 0.25) is 0 Å². The smallest absolute Gasteiger partial charge is 0.339 e. The van der Waals surface area contributed by atoms with Gasteiger partial charge in [0.25, 0.3) is 0 Å². The van der Waals surface area contributed by atoms with Gasteiger partial charge in [-0.15, -0.1) is 0 Å². The number of carbonyl (C=O) groups excluding carboxylic acids is 2. The second kappa shape index (κ2) is 7.94. The van der Waals surface area contributed by atoms with Gasteiger partial charge in [0.15, 0.2) is 11.9 Å². The van der Waals surface area contributed by atoms with Gasteiger partial charge in [0, 0.05) is 18.5 Å². The second-order valence-corrected chi connectivity index (χ2v) is 12.6. The van der Waals surface area contributed by atoms with Crippen molar-refractivity contribution < 1.29 is 22.7 Å². The average Bonchev–Trinajstić information content (AvgIpc) is 3.28. The fourth-order valence-electron chi connectivity index (χ4n) is 7.18. The van der Waals surface area contributed by atoms with Gasteiger partial charge in [-0.3, -0.25) is 4.79 Å². The molecule has 6 nitrogen and oxygen atoms in total. The number of hydrogen-bond donors (Lipinski definition) is 0. The minimum absolute atomic E-state index is 0.0587. The molecule has 5 aliphatic rings. The Labute approximate surface area is 190 Å². The number of hydrogen-bond acceptors (Lipinski definition) is 5. The summed E-state index contributed by atoms with van der Waals surface area (Å²) < 4.78 is 33.0. The number of aryl methyl sites for hydroxylation is 1. The third kappa shape index (κ3) is 3.71. The molecule has 0 amide bonds. The number of ketones is 1. The Hall–Kier alpha value is -1.73. The van der Waals surface area contributed by atoms with E-state index in [0.717, 1.165) is 32.1 Å². The molecule has 1 aliphatic heterocycles. The van der Waals surface area contributed by atoms with E-state index in [1.807, 2.05) is 0 Å². The number of esters is 1. The molecule has 4 bridgehead atoms. The molecule has 5 fully saturated rings. The average molecular weight is 460 g/mol. The maximum atomic E-state index is 13.5. The van der Waals surface area contributed by atoms with Crippen LogP contribution in [-0.2, 0) is 19.6 Å². The van der Waals surface area contributed by atoms with Crippen molar-refractivity contribution >= 4 is 21.8 Å². The van der Waals surface area contributed by atoms with Crippen molar-refractivity contribution in [1.29, 1.82) is 0 Å². The predicted octanol–water partition coefficient (Wildman–Crippen LogP) is 4.11. The van der Waals surface area contributed by atoms with E-state index in [0.29, 0.717) is 36.4 Å². The van der Waals surface area contributed by atoms with Crippen molar-refractivity contribution in [2.45, 2.75) is 76.2 Å². The Kier molecular flexibility index (Phi) is 5.48. The Balaban J connectivity index is 1.33. The van der Waals surface area contributed by atoms with Gasteiger partial charge in [-0.25, -0.2) is 13.2 Å². The first-order valence-electron chi connectivity index (χ1n) is 12.0. The maximum absolute atomic E-state index is 13.5. The molecule has 174 valence electrons. The summed E-state index contributed by atoms with van der Waals surface area (Å²) in [6.45, 7) is 4.45. The minimum Gasteiger partial charge on any atom is -0.451 e. The molecule has 4 saturated carbocycles. The Bertz CT molecular complexity index is 1010. The number of nitrogens with zero attached hydrogens (tertiary/aromatic N) is 1. The van der Waals surface area contributed by atoms with Crippen LogP contribution in [0.15, 0.2) is 23.1 Å². The summed E-state index contributed by atoms with van der Waals surface area (Å²) in [5.41, 5.74) is 0.532. The zero-order valence-corrected chi connectivity index (χ0v) is 19.8. The SMILES string of the molecule is Cc1ccc(S(=O)(=O)N2CCCC2)cc1C(=O)O[C@H](C)C(=O)C12CC3CC(CC(C3)C1)C2. The molecule has 7 heteroatoms.